The van der Waals surface area contributed by atoms with E-state index in [1.54, 1.807) is 0 Å². The Bertz CT molecular complexity index is 490. The highest BCUT2D eigenvalue weighted by atomic mass is 16.5. The van der Waals surface area contributed by atoms with Crippen LogP contribution in [0.15, 0.2) is 24.3 Å². The highest BCUT2D eigenvalue weighted by Gasteiger charge is 2.33. The van der Waals surface area contributed by atoms with Crippen molar-refractivity contribution in [3.05, 3.63) is 35.4 Å². The molecule has 0 bridgehead atoms. The normalized spacial score (nSPS) is 24.5. The van der Waals surface area contributed by atoms with Gasteiger partial charge in [0, 0.05) is 5.92 Å². The van der Waals surface area contributed by atoms with Gasteiger partial charge in [0.05, 0.1) is 18.8 Å². The van der Waals surface area contributed by atoms with Gasteiger partial charge in [-0.3, -0.25) is 4.79 Å². The van der Waals surface area contributed by atoms with Crippen molar-refractivity contribution in [2.45, 2.75) is 32.3 Å². The monoisotopic (exact) mass is 243 g/mol. The van der Waals surface area contributed by atoms with Crippen molar-refractivity contribution < 1.29 is 9.53 Å². The smallest absolute Gasteiger partial charge is 0.159 e. The molecule has 1 aromatic rings. The first-order valence-electron chi connectivity index (χ1n) is 6.23. The lowest BCUT2D eigenvalue weighted by molar-refractivity contribution is -0.123. The van der Waals surface area contributed by atoms with Gasteiger partial charge >= 0.3 is 0 Å². The molecular formula is C15H17NO2. The minimum atomic E-state index is -0.663. The van der Waals surface area contributed by atoms with Gasteiger partial charge < -0.3 is 4.74 Å². The van der Waals surface area contributed by atoms with E-state index in [1.807, 2.05) is 38.1 Å². The number of rotatable bonds is 3. The molecule has 0 aromatic heterocycles. The first kappa shape index (κ1) is 12.8. The van der Waals surface area contributed by atoms with Crippen LogP contribution in [0.5, 0.6) is 0 Å². The summed E-state index contributed by atoms with van der Waals surface area (Å²) in [5, 5.41) is 9.26. The molecule has 0 aliphatic carbocycles. The molecule has 3 atom stereocenters. The van der Waals surface area contributed by atoms with Gasteiger partial charge in [-0.2, -0.15) is 5.26 Å². The average Bonchev–Trinajstić information content (AvgIpc) is 2.77. The highest BCUT2D eigenvalue weighted by molar-refractivity contribution is 5.90. The van der Waals surface area contributed by atoms with Crippen LogP contribution in [0, 0.1) is 24.2 Å². The Balaban J connectivity index is 2.19. The SMILES string of the molecule is Cc1cccc(C(C#N)C(=O)C2COC(C)C2)c1. The predicted molar refractivity (Wildman–Crippen MR) is 68.1 cm³/mol. The topological polar surface area (TPSA) is 50.1 Å². The van der Waals surface area contributed by atoms with Crippen LogP contribution in [0.25, 0.3) is 0 Å². The molecule has 3 nitrogen and oxygen atoms in total. The minimum Gasteiger partial charge on any atom is -0.378 e. The van der Waals surface area contributed by atoms with Crippen molar-refractivity contribution in [3.63, 3.8) is 0 Å². The zero-order chi connectivity index (χ0) is 13.1. The lowest BCUT2D eigenvalue weighted by atomic mass is 9.86. The molecule has 1 aromatic carbocycles. The molecule has 94 valence electrons. The van der Waals surface area contributed by atoms with Crippen LogP contribution < -0.4 is 0 Å². The van der Waals surface area contributed by atoms with Gasteiger partial charge in [-0.1, -0.05) is 29.8 Å². The Hall–Kier alpha value is -1.66. The van der Waals surface area contributed by atoms with Crippen LogP contribution >= 0.6 is 0 Å². The fourth-order valence-corrected chi connectivity index (χ4v) is 2.40. The largest absolute Gasteiger partial charge is 0.378 e. The van der Waals surface area contributed by atoms with Gasteiger partial charge in [-0.25, -0.2) is 0 Å². The number of ketones is 1. The Labute approximate surface area is 107 Å². The van der Waals surface area contributed by atoms with Gasteiger partial charge in [0.2, 0.25) is 0 Å². The third kappa shape index (κ3) is 2.60. The van der Waals surface area contributed by atoms with E-state index >= 15 is 0 Å². The number of hydrogen-bond acceptors (Lipinski definition) is 3. The highest BCUT2D eigenvalue weighted by Crippen LogP contribution is 2.27. The molecule has 0 N–H and O–H groups in total. The number of Topliss-reactive ketones (excluding diaryl/α,β-unsaturated/α-hetero) is 1. The van der Waals surface area contributed by atoms with E-state index in [1.165, 1.54) is 0 Å². The Morgan fingerprint density at radius 1 is 1.56 bits per heavy atom. The number of nitrogens with zero attached hydrogens (tertiary/aromatic N) is 1. The summed E-state index contributed by atoms with van der Waals surface area (Å²) in [5.74, 6) is -0.804. The fraction of sp³-hybridized carbons (Fsp3) is 0.467. The van der Waals surface area contributed by atoms with Gasteiger partial charge in [0.25, 0.3) is 0 Å². The summed E-state index contributed by atoms with van der Waals surface area (Å²) in [4.78, 5) is 12.3. The second kappa shape index (κ2) is 5.32. The standard InChI is InChI=1S/C15H17NO2/c1-10-4-3-5-12(6-10)14(8-16)15(17)13-7-11(2)18-9-13/h3-6,11,13-14H,7,9H2,1-2H3. The summed E-state index contributed by atoms with van der Waals surface area (Å²) in [6.07, 6.45) is 0.846. The quantitative estimate of drug-likeness (QED) is 0.819. The van der Waals surface area contributed by atoms with Crippen molar-refractivity contribution in [1.29, 1.82) is 5.26 Å². The van der Waals surface area contributed by atoms with Crippen molar-refractivity contribution >= 4 is 5.78 Å². The lowest BCUT2D eigenvalue weighted by Crippen LogP contribution is -2.21. The Kier molecular flexibility index (Phi) is 3.78. The second-order valence-electron chi connectivity index (χ2n) is 4.96. The van der Waals surface area contributed by atoms with E-state index in [0.29, 0.717) is 6.61 Å². The summed E-state index contributed by atoms with van der Waals surface area (Å²) in [6, 6.07) is 9.73. The summed E-state index contributed by atoms with van der Waals surface area (Å²) in [5.41, 5.74) is 1.86. The van der Waals surface area contributed by atoms with Crippen molar-refractivity contribution in [2.75, 3.05) is 6.61 Å². The third-order valence-corrected chi connectivity index (χ3v) is 3.39. The van der Waals surface area contributed by atoms with Crippen LogP contribution in [0.3, 0.4) is 0 Å². The van der Waals surface area contributed by atoms with Crippen LogP contribution in [-0.2, 0) is 9.53 Å². The maximum atomic E-state index is 12.3. The van der Waals surface area contributed by atoms with Crippen molar-refractivity contribution in [3.8, 4) is 6.07 Å². The molecule has 3 heteroatoms. The Morgan fingerprint density at radius 2 is 2.33 bits per heavy atom. The number of carbonyl (C=O) groups excluding carboxylic acids is 1. The molecule has 1 aliphatic rings. The Morgan fingerprint density at radius 3 is 2.89 bits per heavy atom. The predicted octanol–water partition coefficient (Wildman–Crippen LogP) is 2.60. The van der Waals surface area contributed by atoms with E-state index in [9.17, 15) is 10.1 Å². The molecule has 1 saturated heterocycles. The lowest BCUT2D eigenvalue weighted by Gasteiger charge is -2.13. The van der Waals surface area contributed by atoms with Gasteiger partial charge in [0.1, 0.15) is 5.92 Å². The molecule has 18 heavy (non-hydrogen) atoms. The van der Waals surface area contributed by atoms with E-state index in [-0.39, 0.29) is 17.8 Å². The summed E-state index contributed by atoms with van der Waals surface area (Å²) < 4.78 is 5.41. The number of ether oxygens (including phenoxy) is 1. The number of aryl methyl sites for hydroxylation is 1. The van der Waals surface area contributed by atoms with Crippen LogP contribution in [0.1, 0.15) is 30.4 Å². The first-order valence-corrected chi connectivity index (χ1v) is 6.23. The first-order chi connectivity index (χ1) is 8.61. The van der Waals surface area contributed by atoms with Gasteiger partial charge in [-0.05, 0) is 25.8 Å². The van der Waals surface area contributed by atoms with Gasteiger partial charge in [0.15, 0.2) is 5.78 Å². The summed E-state index contributed by atoms with van der Waals surface area (Å²) >= 11 is 0. The van der Waals surface area contributed by atoms with E-state index < -0.39 is 5.92 Å². The molecule has 1 fully saturated rings. The molecule has 3 unspecified atom stereocenters. The molecule has 0 spiro atoms. The average molecular weight is 243 g/mol. The zero-order valence-corrected chi connectivity index (χ0v) is 10.7. The van der Waals surface area contributed by atoms with Crippen molar-refractivity contribution in [2.24, 2.45) is 5.92 Å². The van der Waals surface area contributed by atoms with Crippen LogP contribution in [0.2, 0.25) is 0 Å². The molecule has 0 radical (unpaired) electrons. The van der Waals surface area contributed by atoms with Crippen molar-refractivity contribution in [1.82, 2.24) is 0 Å². The molecule has 1 heterocycles. The van der Waals surface area contributed by atoms with Crippen LogP contribution in [-0.4, -0.2) is 18.5 Å². The molecular weight excluding hydrogens is 226 g/mol. The third-order valence-electron chi connectivity index (χ3n) is 3.39. The number of carbonyl (C=O) groups is 1. The zero-order valence-electron chi connectivity index (χ0n) is 10.7. The molecule has 0 amide bonds. The molecule has 2 rings (SSSR count). The second-order valence-corrected chi connectivity index (χ2v) is 4.96. The molecule has 1 aliphatic heterocycles. The molecule has 0 saturated carbocycles. The van der Waals surface area contributed by atoms with E-state index in [4.69, 9.17) is 4.74 Å². The van der Waals surface area contributed by atoms with Crippen LogP contribution in [0.4, 0.5) is 0 Å². The van der Waals surface area contributed by atoms with E-state index in [0.717, 1.165) is 17.5 Å². The minimum absolute atomic E-state index is 0.00699. The maximum absolute atomic E-state index is 12.3. The summed E-state index contributed by atoms with van der Waals surface area (Å²) in [7, 11) is 0. The number of benzene rings is 1. The number of nitriles is 1. The van der Waals surface area contributed by atoms with E-state index in [2.05, 4.69) is 6.07 Å². The fourth-order valence-electron chi connectivity index (χ4n) is 2.40. The maximum Gasteiger partial charge on any atom is 0.159 e. The van der Waals surface area contributed by atoms with Gasteiger partial charge in [-0.15, -0.1) is 0 Å². The summed E-state index contributed by atoms with van der Waals surface area (Å²) in [6.45, 7) is 4.37. The number of hydrogen-bond donors (Lipinski definition) is 0.